The van der Waals surface area contributed by atoms with Crippen molar-refractivity contribution >= 4 is 23.8 Å². The zero-order valence-electron chi connectivity index (χ0n) is 18.9. The number of nitrogens with one attached hydrogen (secondary N) is 1. The second-order valence-electron chi connectivity index (χ2n) is 8.47. The average molecular weight is 499 g/mol. The van der Waals surface area contributed by atoms with E-state index in [2.05, 4.69) is 5.32 Å². The molecule has 1 aliphatic heterocycles. The summed E-state index contributed by atoms with van der Waals surface area (Å²) >= 11 is 0. The van der Waals surface area contributed by atoms with Gasteiger partial charge >= 0.3 is 11.9 Å². The van der Waals surface area contributed by atoms with Gasteiger partial charge in [-0.1, -0.05) is 0 Å². The maximum absolute atomic E-state index is 13.8. The highest BCUT2D eigenvalue weighted by Gasteiger charge is 2.29. The number of nitrogens with zero attached hydrogens (tertiary/aromatic N) is 1. The minimum atomic E-state index is -1.26. The Balaban J connectivity index is 0.000000466. The molecule has 0 spiro atoms. The van der Waals surface area contributed by atoms with Crippen molar-refractivity contribution in [2.45, 2.75) is 50.6 Å². The third-order valence-corrected chi connectivity index (χ3v) is 5.67. The summed E-state index contributed by atoms with van der Waals surface area (Å²) < 4.78 is 40.1. The van der Waals surface area contributed by atoms with Gasteiger partial charge in [0.15, 0.2) is 11.6 Å². The molecular formula is C23H28F3N3O6. The SMILES string of the molecule is N[C@H](Cc1cc(F)c(F)cc1F)C1CCN(C(=O)CC(=O)NC2CC2)CC1.O=C(O)C=CC(=O)O. The third kappa shape index (κ3) is 9.77. The molecule has 5 N–H and O–H groups in total. The van der Waals surface area contributed by atoms with E-state index in [1.807, 2.05) is 0 Å². The van der Waals surface area contributed by atoms with Gasteiger partial charge in [0.2, 0.25) is 11.8 Å². The number of nitrogens with two attached hydrogens (primary N) is 1. The molecule has 1 aromatic carbocycles. The van der Waals surface area contributed by atoms with Crippen molar-refractivity contribution in [3.63, 3.8) is 0 Å². The van der Waals surface area contributed by atoms with Crippen molar-refractivity contribution in [2.24, 2.45) is 11.7 Å². The van der Waals surface area contributed by atoms with Crippen LogP contribution in [0.1, 0.15) is 37.7 Å². The Bertz CT molecular complexity index is 959. The van der Waals surface area contributed by atoms with Gasteiger partial charge in [-0.25, -0.2) is 22.8 Å². The molecule has 192 valence electrons. The van der Waals surface area contributed by atoms with Crippen LogP contribution in [0.5, 0.6) is 0 Å². The summed E-state index contributed by atoms with van der Waals surface area (Å²) in [5, 5.41) is 18.4. The van der Waals surface area contributed by atoms with Crippen LogP contribution in [-0.4, -0.2) is 64.0 Å². The molecule has 0 radical (unpaired) electrons. The van der Waals surface area contributed by atoms with Crippen molar-refractivity contribution < 1.29 is 42.6 Å². The van der Waals surface area contributed by atoms with Gasteiger partial charge < -0.3 is 26.2 Å². The highest BCUT2D eigenvalue weighted by molar-refractivity contribution is 5.97. The van der Waals surface area contributed by atoms with Crippen LogP contribution in [0.25, 0.3) is 0 Å². The smallest absolute Gasteiger partial charge is 0.328 e. The quantitative estimate of drug-likeness (QED) is 0.241. The van der Waals surface area contributed by atoms with E-state index in [9.17, 15) is 32.3 Å². The van der Waals surface area contributed by atoms with Gasteiger partial charge in [-0.05, 0) is 49.7 Å². The van der Waals surface area contributed by atoms with Crippen LogP contribution in [0.4, 0.5) is 13.2 Å². The Morgan fingerprint density at radius 1 is 0.971 bits per heavy atom. The van der Waals surface area contributed by atoms with E-state index in [0.29, 0.717) is 44.1 Å². The molecule has 2 amide bonds. The first-order chi connectivity index (χ1) is 16.5. The predicted octanol–water partition coefficient (Wildman–Crippen LogP) is 1.59. The number of likely N-dealkylation sites (tertiary alicyclic amines) is 1. The molecule has 1 aromatic rings. The van der Waals surface area contributed by atoms with Crippen LogP contribution in [0.3, 0.4) is 0 Å². The van der Waals surface area contributed by atoms with Crippen LogP contribution in [-0.2, 0) is 25.6 Å². The number of amides is 2. The lowest BCUT2D eigenvalue weighted by Crippen LogP contribution is -2.45. The molecule has 2 fully saturated rings. The van der Waals surface area contributed by atoms with E-state index in [1.54, 1.807) is 4.90 Å². The molecule has 0 aromatic heterocycles. The lowest BCUT2D eigenvalue weighted by molar-refractivity contribution is -0.137. The van der Waals surface area contributed by atoms with Crippen molar-refractivity contribution in [3.8, 4) is 0 Å². The van der Waals surface area contributed by atoms with Gasteiger partial charge in [0, 0.05) is 43.4 Å². The molecule has 2 aliphatic rings. The van der Waals surface area contributed by atoms with E-state index < -0.39 is 35.4 Å². The summed E-state index contributed by atoms with van der Waals surface area (Å²) in [5.41, 5.74) is 6.20. The molecule has 1 saturated heterocycles. The van der Waals surface area contributed by atoms with Crippen molar-refractivity contribution in [1.82, 2.24) is 10.2 Å². The van der Waals surface area contributed by atoms with Crippen molar-refractivity contribution in [2.75, 3.05) is 13.1 Å². The molecule has 1 saturated carbocycles. The zero-order chi connectivity index (χ0) is 26.1. The summed E-state index contributed by atoms with van der Waals surface area (Å²) in [6.07, 6.45) is 4.28. The fourth-order valence-corrected chi connectivity index (χ4v) is 3.62. The fourth-order valence-electron chi connectivity index (χ4n) is 3.62. The van der Waals surface area contributed by atoms with Gasteiger partial charge in [-0.3, -0.25) is 9.59 Å². The summed E-state index contributed by atoms with van der Waals surface area (Å²) in [6, 6.07) is 1.19. The normalized spacial score (nSPS) is 16.9. The lowest BCUT2D eigenvalue weighted by atomic mass is 9.86. The minimum absolute atomic E-state index is 0.0434. The van der Waals surface area contributed by atoms with Crippen molar-refractivity contribution in [1.29, 1.82) is 0 Å². The van der Waals surface area contributed by atoms with E-state index in [-0.39, 0.29) is 42.2 Å². The Morgan fingerprint density at radius 2 is 1.51 bits per heavy atom. The number of benzene rings is 1. The molecule has 0 unspecified atom stereocenters. The Morgan fingerprint density at radius 3 is 2.03 bits per heavy atom. The number of carboxylic acids is 2. The molecule has 1 aliphatic carbocycles. The summed E-state index contributed by atoms with van der Waals surface area (Å²) in [7, 11) is 0. The second-order valence-corrected chi connectivity index (χ2v) is 8.47. The van der Waals surface area contributed by atoms with Gasteiger partial charge in [0.05, 0.1) is 0 Å². The number of carbonyl (C=O) groups is 4. The van der Waals surface area contributed by atoms with Gasteiger partial charge in [0.1, 0.15) is 12.2 Å². The van der Waals surface area contributed by atoms with E-state index in [4.69, 9.17) is 15.9 Å². The highest BCUT2D eigenvalue weighted by atomic mass is 19.2. The number of halogens is 3. The third-order valence-electron chi connectivity index (χ3n) is 5.67. The van der Waals surface area contributed by atoms with Crippen LogP contribution in [0.2, 0.25) is 0 Å². The fraction of sp³-hybridized carbons (Fsp3) is 0.478. The summed E-state index contributed by atoms with van der Waals surface area (Å²) in [5.74, 6) is -6.03. The van der Waals surface area contributed by atoms with E-state index >= 15 is 0 Å². The lowest BCUT2D eigenvalue weighted by Gasteiger charge is -2.35. The van der Waals surface area contributed by atoms with Crippen LogP contribution in [0, 0.1) is 23.4 Å². The number of hydrogen-bond donors (Lipinski definition) is 4. The van der Waals surface area contributed by atoms with Crippen molar-refractivity contribution in [3.05, 3.63) is 47.3 Å². The molecule has 35 heavy (non-hydrogen) atoms. The first-order valence-corrected chi connectivity index (χ1v) is 11.1. The Labute approximate surface area is 199 Å². The minimum Gasteiger partial charge on any atom is -0.478 e. The monoisotopic (exact) mass is 499 g/mol. The van der Waals surface area contributed by atoms with Crippen LogP contribution < -0.4 is 11.1 Å². The maximum atomic E-state index is 13.8. The Hall–Kier alpha value is -3.41. The van der Waals surface area contributed by atoms with Crippen LogP contribution in [0.15, 0.2) is 24.3 Å². The summed E-state index contributed by atoms with van der Waals surface area (Å²) in [6.45, 7) is 0.961. The van der Waals surface area contributed by atoms with Gasteiger partial charge in [-0.15, -0.1) is 0 Å². The average Bonchev–Trinajstić information content (AvgIpc) is 3.60. The summed E-state index contributed by atoms with van der Waals surface area (Å²) in [4.78, 5) is 44.7. The molecule has 12 heteroatoms. The number of rotatable bonds is 8. The van der Waals surface area contributed by atoms with Gasteiger partial charge in [0.25, 0.3) is 0 Å². The maximum Gasteiger partial charge on any atom is 0.328 e. The molecule has 1 atom stereocenters. The van der Waals surface area contributed by atoms with Crippen LogP contribution >= 0.6 is 0 Å². The topological polar surface area (TPSA) is 150 Å². The van der Waals surface area contributed by atoms with E-state index in [1.165, 1.54) is 0 Å². The van der Waals surface area contributed by atoms with E-state index in [0.717, 1.165) is 18.9 Å². The second kappa shape index (κ2) is 12.9. The zero-order valence-corrected chi connectivity index (χ0v) is 18.9. The number of aliphatic carboxylic acids is 2. The van der Waals surface area contributed by atoms with Gasteiger partial charge in [-0.2, -0.15) is 0 Å². The largest absolute Gasteiger partial charge is 0.478 e. The molecule has 0 bridgehead atoms. The number of hydrogen-bond acceptors (Lipinski definition) is 5. The molecule has 9 nitrogen and oxygen atoms in total. The number of carboxylic acid groups (broad SMARTS) is 2. The molecular weight excluding hydrogens is 471 g/mol. The Kier molecular flexibility index (Phi) is 10.2. The first kappa shape index (κ1) is 27.8. The number of carbonyl (C=O) groups excluding carboxylic acids is 2. The molecule has 1 heterocycles. The molecule has 3 rings (SSSR count). The highest BCUT2D eigenvalue weighted by Crippen LogP contribution is 2.24. The predicted molar refractivity (Wildman–Crippen MR) is 117 cm³/mol. The first-order valence-electron chi connectivity index (χ1n) is 11.1. The number of piperidine rings is 1. The standard InChI is InChI=1S/C19H24F3N3O2.C4H4O4/c20-14-9-16(22)15(21)7-12(14)8-17(23)11-3-5-25(6-4-11)19(27)10-18(26)24-13-1-2-13;5-3(6)1-2-4(7)8/h7,9,11,13,17H,1-6,8,10,23H2,(H,24,26);1-2H,(H,5,6)(H,7,8)/t17-;/m1./s1.